The van der Waals surface area contributed by atoms with Gasteiger partial charge in [0, 0.05) is 19.3 Å². The van der Waals surface area contributed by atoms with Crippen molar-refractivity contribution in [2.75, 3.05) is 32.1 Å². The van der Waals surface area contributed by atoms with E-state index in [2.05, 4.69) is 10.6 Å². The monoisotopic (exact) mass is 326 g/mol. The van der Waals surface area contributed by atoms with Gasteiger partial charge in [-0.05, 0) is 49.4 Å². The summed E-state index contributed by atoms with van der Waals surface area (Å²) in [5.74, 6) is 1.50. The molecular formula is C19H22N2O3. The Morgan fingerprint density at radius 3 is 2.46 bits per heavy atom. The quantitative estimate of drug-likeness (QED) is 0.856. The van der Waals surface area contributed by atoms with E-state index in [1.807, 2.05) is 54.6 Å². The molecule has 1 fully saturated rings. The lowest BCUT2D eigenvalue weighted by molar-refractivity contribution is -0.127. The summed E-state index contributed by atoms with van der Waals surface area (Å²) in [4.78, 5) is 12.6. The molecule has 0 bridgehead atoms. The summed E-state index contributed by atoms with van der Waals surface area (Å²) in [6.07, 6.45) is 0.780. The van der Waals surface area contributed by atoms with Gasteiger partial charge in [0.15, 0.2) is 0 Å². The molecule has 1 amide bonds. The van der Waals surface area contributed by atoms with Crippen LogP contribution in [0.3, 0.4) is 0 Å². The Hall–Kier alpha value is -2.37. The van der Waals surface area contributed by atoms with Gasteiger partial charge in [0.05, 0.1) is 12.0 Å². The fourth-order valence-corrected chi connectivity index (χ4v) is 2.90. The van der Waals surface area contributed by atoms with Gasteiger partial charge in [0.25, 0.3) is 0 Å². The maximum atomic E-state index is 12.6. The number of methoxy groups -OCH3 is 1. The molecule has 1 saturated heterocycles. The largest absolute Gasteiger partial charge is 0.457 e. The molecule has 1 heterocycles. The maximum Gasteiger partial charge on any atom is 0.234 e. The molecule has 2 aromatic rings. The number of para-hydroxylation sites is 1. The highest BCUT2D eigenvalue weighted by Gasteiger charge is 2.41. The second kappa shape index (κ2) is 7.47. The first kappa shape index (κ1) is 16.5. The Balaban J connectivity index is 1.64. The molecule has 1 aliphatic heterocycles. The van der Waals surface area contributed by atoms with Crippen LogP contribution in [-0.2, 0) is 9.53 Å². The molecule has 0 aromatic heterocycles. The molecule has 1 aliphatic rings. The lowest BCUT2D eigenvalue weighted by Crippen LogP contribution is -2.41. The summed E-state index contributed by atoms with van der Waals surface area (Å²) in [5.41, 5.74) is 0.260. The standard InChI is InChI=1S/C19H22N2O3/c1-23-14-19(11-12-20-13-19)18(22)21-15-7-9-17(10-8-15)24-16-5-3-2-4-6-16/h2-10,20H,11-14H2,1H3,(H,21,22). The number of carbonyl (C=O) groups excluding carboxylic acids is 1. The number of carbonyl (C=O) groups is 1. The summed E-state index contributed by atoms with van der Waals surface area (Å²) in [6.45, 7) is 1.89. The van der Waals surface area contributed by atoms with Crippen molar-refractivity contribution >= 4 is 11.6 Å². The molecule has 0 saturated carbocycles. The van der Waals surface area contributed by atoms with Gasteiger partial charge in [-0.15, -0.1) is 0 Å². The Bertz CT molecular complexity index is 665. The van der Waals surface area contributed by atoms with Crippen LogP contribution < -0.4 is 15.4 Å². The van der Waals surface area contributed by atoms with Crippen LogP contribution >= 0.6 is 0 Å². The van der Waals surface area contributed by atoms with Crippen molar-refractivity contribution < 1.29 is 14.3 Å². The van der Waals surface area contributed by atoms with Gasteiger partial charge in [-0.25, -0.2) is 0 Å². The smallest absolute Gasteiger partial charge is 0.234 e. The van der Waals surface area contributed by atoms with E-state index < -0.39 is 5.41 Å². The first-order chi connectivity index (χ1) is 11.7. The number of nitrogens with one attached hydrogen (secondary N) is 2. The third-order valence-corrected chi connectivity index (χ3v) is 4.24. The van der Waals surface area contributed by atoms with Crippen LogP contribution in [0.25, 0.3) is 0 Å². The zero-order valence-electron chi connectivity index (χ0n) is 13.7. The van der Waals surface area contributed by atoms with Crippen LogP contribution in [0.5, 0.6) is 11.5 Å². The van der Waals surface area contributed by atoms with Gasteiger partial charge < -0.3 is 20.1 Å². The topological polar surface area (TPSA) is 59.6 Å². The van der Waals surface area contributed by atoms with Gasteiger partial charge in [-0.1, -0.05) is 18.2 Å². The molecule has 2 aromatic carbocycles. The van der Waals surface area contributed by atoms with E-state index in [4.69, 9.17) is 9.47 Å². The number of amides is 1. The Kier molecular flexibility index (Phi) is 5.13. The van der Waals surface area contributed by atoms with Crippen molar-refractivity contribution in [1.82, 2.24) is 5.32 Å². The lowest BCUT2D eigenvalue weighted by atomic mass is 9.87. The van der Waals surface area contributed by atoms with Crippen LogP contribution in [0, 0.1) is 5.41 Å². The second-order valence-electron chi connectivity index (χ2n) is 6.03. The molecule has 5 heteroatoms. The molecule has 126 valence electrons. The number of hydrogen-bond acceptors (Lipinski definition) is 4. The molecule has 2 N–H and O–H groups in total. The Morgan fingerprint density at radius 1 is 1.12 bits per heavy atom. The van der Waals surface area contributed by atoms with E-state index in [1.54, 1.807) is 7.11 Å². The molecule has 5 nitrogen and oxygen atoms in total. The summed E-state index contributed by atoms with van der Waals surface area (Å²) in [6, 6.07) is 17.0. The number of ether oxygens (including phenoxy) is 2. The first-order valence-electron chi connectivity index (χ1n) is 8.06. The fourth-order valence-electron chi connectivity index (χ4n) is 2.90. The summed E-state index contributed by atoms with van der Waals surface area (Å²) in [5, 5.41) is 6.23. The number of hydrogen-bond donors (Lipinski definition) is 2. The maximum absolute atomic E-state index is 12.6. The minimum Gasteiger partial charge on any atom is -0.457 e. The minimum absolute atomic E-state index is 0.00826. The molecule has 0 spiro atoms. The summed E-state index contributed by atoms with van der Waals surface area (Å²) in [7, 11) is 1.63. The predicted octanol–water partition coefficient (Wildman–Crippen LogP) is 3.04. The van der Waals surface area contributed by atoms with Gasteiger partial charge in [-0.2, -0.15) is 0 Å². The molecule has 1 atom stereocenters. The molecule has 24 heavy (non-hydrogen) atoms. The average molecular weight is 326 g/mol. The molecule has 3 rings (SSSR count). The van der Waals surface area contributed by atoms with Crippen molar-refractivity contribution in [2.45, 2.75) is 6.42 Å². The third kappa shape index (κ3) is 3.75. The zero-order chi connectivity index (χ0) is 16.8. The highest BCUT2D eigenvalue weighted by Crippen LogP contribution is 2.29. The minimum atomic E-state index is -0.492. The van der Waals surface area contributed by atoms with E-state index >= 15 is 0 Å². The Labute approximate surface area is 142 Å². The van der Waals surface area contributed by atoms with Crippen LogP contribution in [-0.4, -0.2) is 32.7 Å². The average Bonchev–Trinajstić information content (AvgIpc) is 3.08. The van der Waals surface area contributed by atoms with Crippen molar-refractivity contribution in [3.05, 3.63) is 54.6 Å². The summed E-state index contributed by atoms with van der Waals surface area (Å²) >= 11 is 0. The normalized spacial score (nSPS) is 19.9. The van der Waals surface area contributed by atoms with E-state index in [0.29, 0.717) is 13.2 Å². The summed E-state index contributed by atoms with van der Waals surface area (Å²) < 4.78 is 11.0. The number of benzene rings is 2. The molecule has 0 radical (unpaired) electrons. The lowest BCUT2D eigenvalue weighted by Gasteiger charge is -2.26. The van der Waals surface area contributed by atoms with Crippen molar-refractivity contribution in [3.8, 4) is 11.5 Å². The predicted molar refractivity (Wildman–Crippen MR) is 93.4 cm³/mol. The zero-order valence-corrected chi connectivity index (χ0v) is 13.7. The highest BCUT2D eigenvalue weighted by molar-refractivity contribution is 5.96. The fraction of sp³-hybridized carbons (Fsp3) is 0.316. The van der Waals surface area contributed by atoms with Crippen molar-refractivity contribution in [2.24, 2.45) is 5.41 Å². The van der Waals surface area contributed by atoms with Crippen LogP contribution in [0.2, 0.25) is 0 Å². The van der Waals surface area contributed by atoms with E-state index in [9.17, 15) is 4.79 Å². The van der Waals surface area contributed by atoms with Gasteiger partial charge in [0.1, 0.15) is 11.5 Å². The van der Waals surface area contributed by atoms with E-state index in [-0.39, 0.29) is 5.91 Å². The van der Waals surface area contributed by atoms with Gasteiger partial charge in [-0.3, -0.25) is 4.79 Å². The Morgan fingerprint density at radius 2 is 1.83 bits per heavy atom. The molecular weight excluding hydrogens is 304 g/mol. The van der Waals surface area contributed by atoms with Crippen LogP contribution in [0.15, 0.2) is 54.6 Å². The molecule has 1 unspecified atom stereocenters. The van der Waals surface area contributed by atoms with E-state index in [0.717, 1.165) is 30.2 Å². The van der Waals surface area contributed by atoms with Crippen molar-refractivity contribution in [1.29, 1.82) is 0 Å². The van der Waals surface area contributed by atoms with Crippen molar-refractivity contribution in [3.63, 3.8) is 0 Å². The third-order valence-electron chi connectivity index (χ3n) is 4.24. The number of anilines is 1. The van der Waals surface area contributed by atoms with Gasteiger partial charge in [0.2, 0.25) is 5.91 Å². The van der Waals surface area contributed by atoms with Crippen LogP contribution in [0.1, 0.15) is 6.42 Å². The second-order valence-corrected chi connectivity index (χ2v) is 6.03. The van der Waals surface area contributed by atoms with Crippen LogP contribution in [0.4, 0.5) is 5.69 Å². The van der Waals surface area contributed by atoms with Gasteiger partial charge >= 0.3 is 0 Å². The first-order valence-corrected chi connectivity index (χ1v) is 8.06. The SMILES string of the molecule is COCC1(C(=O)Nc2ccc(Oc3ccccc3)cc2)CCNC1. The van der Waals surface area contributed by atoms with E-state index in [1.165, 1.54) is 0 Å². The molecule has 0 aliphatic carbocycles. The highest BCUT2D eigenvalue weighted by atomic mass is 16.5. The number of rotatable bonds is 6.